The molecule has 0 aliphatic carbocycles. The summed E-state index contributed by atoms with van der Waals surface area (Å²) in [5.41, 5.74) is 11.4. The molecule has 0 heterocycles. The van der Waals surface area contributed by atoms with Crippen molar-refractivity contribution in [2.24, 2.45) is 0 Å². The molecule has 8 aromatic rings. The Morgan fingerprint density at radius 2 is 0.804 bits per heavy atom. The molecule has 0 unspecified atom stereocenters. The maximum absolute atomic E-state index is 2.45. The van der Waals surface area contributed by atoms with Gasteiger partial charge in [-0.3, -0.25) is 0 Å². The van der Waals surface area contributed by atoms with Crippen LogP contribution in [0, 0.1) is 0 Å². The average Bonchev–Trinajstić information content (AvgIpc) is 3.10. The fourth-order valence-corrected chi connectivity index (χ4v) is 7.01. The topological polar surface area (TPSA) is 0 Å². The maximum atomic E-state index is 2.45. The van der Waals surface area contributed by atoms with E-state index in [1.165, 1.54) is 82.4 Å². The highest BCUT2D eigenvalue weighted by atomic mass is 14.3. The summed E-state index contributed by atoms with van der Waals surface area (Å²) in [6.45, 7) is 6.92. The molecule has 0 radical (unpaired) electrons. The van der Waals surface area contributed by atoms with Crippen LogP contribution in [0.3, 0.4) is 0 Å². The largest absolute Gasteiger partial charge is 0.0622 e. The zero-order valence-electron chi connectivity index (χ0n) is 26.6. The summed E-state index contributed by atoms with van der Waals surface area (Å²) in [5, 5.41) is 7.62. The smallest absolute Gasteiger partial charge is 0.00199 e. The summed E-state index contributed by atoms with van der Waals surface area (Å²) in [5.74, 6) is 0. The zero-order chi connectivity index (χ0) is 31.3. The van der Waals surface area contributed by atoms with E-state index in [-0.39, 0.29) is 5.41 Å². The molecule has 220 valence electrons. The van der Waals surface area contributed by atoms with Gasteiger partial charge in [0.2, 0.25) is 0 Å². The minimum atomic E-state index is 0.0204. The number of benzene rings is 8. The third-order valence-electron chi connectivity index (χ3n) is 9.41. The molecule has 0 nitrogen and oxygen atoms in total. The van der Waals surface area contributed by atoms with Crippen LogP contribution in [0.1, 0.15) is 26.3 Å². The van der Waals surface area contributed by atoms with Crippen LogP contribution in [0.4, 0.5) is 0 Å². The molecule has 0 bridgehead atoms. The quantitative estimate of drug-likeness (QED) is 0.179. The number of hydrogen-bond donors (Lipinski definition) is 0. The first-order valence-electron chi connectivity index (χ1n) is 16.2. The lowest BCUT2D eigenvalue weighted by Crippen LogP contribution is -2.10. The van der Waals surface area contributed by atoms with Crippen molar-refractivity contribution in [1.82, 2.24) is 0 Å². The standard InChI is InChI=1S/C46H36/c1-46(2,3)37-26-27-40-43(30-37)44(34-24-22-32(23-25-34)31-14-6-4-7-15-31)38-20-12-13-21-39(38)45(40)42-29-36-19-11-10-18-35(36)28-41(42)33-16-8-5-9-17-33/h4-30H,1-3H3. The van der Waals surface area contributed by atoms with Gasteiger partial charge < -0.3 is 0 Å². The fourth-order valence-electron chi connectivity index (χ4n) is 7.01. The van der Waals surface area contributed by atoms with Gasteiger partial charge in [0.05, 0.1) is 0 Å². The summed E-state index contributed by atoms with van der Waals surface area (Å²) in [7, 11) is 0. The predicted octanol–water partition coefficient (Wildman–Crippen LogP) is 13.1. The highest BCUT2D eigenvalue weighted by Gasteiger charge is 2.22. The van der Waals surface area contributed by atoms with Gasteiger partial charge in [-0.05, 0) is 106 Å². The van der Waals surface area contributed by atoms with Crippen molar-refractivity contribution >= 4 is 32.3 Å². The van der Waals surface area contributed by atoms with Crippen LogP contribution in [0.5, 0.6) is 0 Å². The van der Waals surface area contributed by atoms with E-state index in [4.69, 9.17) is 0 Å². The van der Waals surface area contributed by atoms with E-state index < -0.39 is 0 Å². The molecular formula is C46H36. The van der Waals surface area contributed by atoms with Crippen LogP contribution >= 0.6 is 0 Å². The van der Waals surface area contributed by atoms with Crippen molar-refractivity contribution in [3.05, 3.63) is 169 Å². The van der Waals surface area contributed by atoms with Crippen LogP contribution in [-0.2, 0) is 5.41 Å². The van der Waals surface area contributed by atoms with Crippen LogP contribution in [-0.4, -0.2) is 0 Å². The van der Waals surface area contributed by atoms with E-state index in [1.807, 2.05) is 0 Å². The van der Waals surface area contributed by atoms with Crippen LogP contribution in [0.25, 0.3) is 76.8 Å². The SMILES string of the molecule is CC(C)(C)c1ccc2c(-c3cc4ccccc4cc3-c3ccccc3)c3ccccc3c(-c3ccc(-c4ccccc4)cc3)c2c1. The van der Waals surface area contributed by atoms with Gasteiger partial charge >= 0.3 is 0 Å². The van der Waals surface area contributed by atoms with Crippen molar-refractivity contribution in [3.63, 3.8) is 0 Å². The van der Waals surface area contributed by atoms with Gasteiger partial charge in [0, 0.05) is 0 Å². The lowest BCUT2D eigenvalue weighted by molar-refractivity contribution is 0.591. The predicted molar refractivity (Wildman–Crippen MR) is 199 cm³/mol. The molecule has 0 amide bonds. The molecule has 0 saturated carbocycles. The summed E-state index contributed by atoms with van der Waals surface area (Å²) in [6, 6.07) is 60.3. The first-order valence-corrected chi connectivity index (χ1v) is 16.2. The van der Waals surface area contributed by atoms with Gasteiger partial charge in [-0.1, -0.05) is 166 Å². The van der Waals surface area contributed by atoms with Gasteiger partial charge in [-0.2, -0.15) is 0 Å². The van der Waals surface area contributed by atoms with Crippen molar-refractivity contribution in [2.45, 2.75) is 26.2 Å². The summed E-state index contributed by atoms with van der Waals surface area (Å²) < 4.78 is 0. The monoisotopic (exact) mass is 588 g/mol. The van der Waals surface area contributed by atoms with E-state index in [0.29, 0.717) is 0 Å². The molecule has 0 saturated heterocycles. The van der Waals surface area contributed by atoms with E-state index in [1.54, 1.807) is 0 Å². The Hall–Kier alpha value is -5.46. The van der Waals surface area contributed by atoms with Crippen molar-refractivity contribution in [3.8, 4) is 44.5 Å². The third-order valence-corrected chi connectivity index (χ3v) is 9.41. The molecule has 0 atom stereocenters. The Labute approximate surface area is 271 Å². The highest BCUT2D eigenvalue weighted by molar-refractivity contribution is 6.23. The number of rotatable bonds is 4. The molecule has 46 heavy (non-hydrogen) atoms. The molecule has 0 aliphatic heterocycles. The zero-order valence-corrected chi connectivity index (χ0v) is 26.6. The molecule has 0 heteroatoms. The molecule has 0 N–H and O–H groups in total. The van der Waals surface area contributed by atoms with Crippen LogP contribution < -0.4 is 0 Å². The Morgan fingerprint density at radius 3 is 1.43 bits per heavy atom. The molecule has 8 rings (SSSR count). The highest BCUT2D eigenvalue weighted by Crippen LogP contribution is 2.48. The molecular weight excluding hydrogens is 553 g/mol. The molecule has 8 aromatic carbocycles. The maximum Gasteiger partial charge on any atom is -0.00199 e. The van der Waals surface area contributed by atoms with Gasteiger partial charge in [-0.25, -0.2) is 0 Å². The van der Waals surface area contributed by atoms with Crippen LogP contribution in [0.15, 0.2) is 164 Å². The second-order valence-corrected chi connectivity index (χ2v) is 13.4. The second kappa shape index (κ2) is 11.2. The van der Waals surface area contributed by atoms with E-state index >= 15 is 0 Å². The minimum Gasteiger partial charge on any atom is -0.0622 e. The molecule has 0 fully saturated rings. The van der Waals surface area contributed by atoms with Gasteiger partial charge in [-0.15, -0.1) is 0 Å². The van der Waals surface area contributed by atoms with E-state index in [0.717, 1.165) is 0 Å². The van der Waals surface area contributed by atoms with E-state index in [2.05, 4.69) is 185 Å². The number of fused-ring (bicyclic) bond motifs is 3. The Morgan fingerprint density at radius 1 is 0.326 bits per heavy atom. The number of hydrogen-bond acceptors (Lipinski definition) is 0. The fraction of sp³-hybridized carbons (Fsp3) is 0.0870. The van der Waals surface area contributed by atoms with Gasteiger partial charge in [0.1, 0.15) is 0 Å². The third kappa shape index (κ3) is 4.88. The average molecular weight is 589 g/mol. The van der Waals surface area contributed by atoms with Gasteiger partial charge in [0.15, 0.2) is 0 Å². The second-order valence-electron chi connectivity index (χ2n) is 13.4. The van der Waals surface area contributed by atoms with Crippen molar-refractivity contribution in [2.75, 3.05) is 0 Å². The Balaban J connectivity index is 1.48. The minimum absolute atomic E-state index is 0.0204. The van der Waals surface area contributed by atoms with E-state index in [9.17, 15) is 0 Å². The van der Waals surface area contributed by atoms with Crippen molar-refractivity contribution < 1.29 is 0 Å². The summed E-state index contributed by atoms with van der Waals surface area (Å²) in [6.07, 6.45) is 0. The molecule has 0 aromatic heterocycles. The summed E-state index contributed by atoms with van der Waals surface area (Å²) in [4.78, 5) is 0. The molecule has 0 spiro atoms. The van der Waals surface area contributed by atoms with Gasteiger partial charge in [0.25, 0.3) is 0 Å². The van der Waals surface area contributed by atoms with Crippen molar-refractivity contribution in [1.29, 1.82) is 0 Å². The first-order chi connectivity index (χ1) is 22.5. The first kappa shape index (κ1) is 28.0. The summed E-state index contributed by atoms with van der Waals surface area (Å²) >= 11 is 0. The molecule has 0 aliphatic rings. The lowest BCUT2D eigenvalue weighted by Gasteiger charge is -2.24. The Kier molecular flexibility index (Phi) is 6.80. The normalized spacial score (nSPS) is 11.8. The van der Waals surface area contributed by atoms with Crippen LogP contribution in [0.2, 0.25) is 0 Å². The lowest BCUT2D eigenvalue weighted by atomic mass is 9.80. The Bertz CT molecular complexity index is 2350.